The molecule has 0 amide bonds. The maximum absolute atomic E-state index is 6.10. The third kappa shape index (κ3) is 2.99. The van der Waals surface area contributed by atoms with E-state index in [9.17, 15) is 0 Å². The highest BCUT2D eigenvalue weighted by atomic mass is 16.5. The molecule has 112 valence electrons. The molecule has 0 aromatic heterocycles. The molecule has 1 aromatic rings. The molecule has 0 heterocycles. The number of benzene rings is 1. The summed E-state index contributed by atoms with van der Waals surface area (Å²) in [4.78, 5) is 2.27. The summed E-state index contributed by atoms with van der Waals surface area (Å²) in [7, 11) is 7.85. The van der Waals surface area contributed by atoms with Gasteiger partial charge in [-0.3, -0.25) is 0 Å². The molecular weight excluding hydrogens is 250 g/mol. The van der Waals surface area contributed by atoms with Gasteiger partial charge < -0.3 is 14.4 Å². The zero-order valence-electron chi connectivity index (χ0n) is 13.2. The monoisotopic (exact) mass is 277 g/mol. The zero-order valence-corrected chi connectivity index (χ0v) is 13.2. The molecule has 3 nitrogen and oxygen atoms in total. The summed E-state index contributed by atoms with van der Waals surface area (Å²) in [6.07, 6.45) is 4.85. The van der Waals surface area contributed by atoms with E-state index in [4.69, 9.17) is 9.47 Å². The molecule has 1 saturated carbocycles. The smallest absolute Gasteiger partial charge is 0.119 e. The van der Waals surface area contributed by atoms with Crippen LogP contribution < -0.4 is 4.74 Å². The summed E-state index contributed by atoms with van der Waals surface area (Å²) in [5, 5.41) is 0. The maximum Gasteiger partial charge on any atom is 0.119 e. The van der Waals surface area contributed by atoms with E-state index >= 15 is 0 Å². The molecule has 0 aliphatic heterocycles. The van der Waals surface area contributed by atoms with Crippen LogP contribution in [0.25, 0.3) is 0 Å². The van der Waals surface area contributed by atoms with Crippen LogP contribution in [0.1, 0.15) is 31.2 Å². The lowest BCUT2D eigenvalue weighted by Crippen LogP contribution is -2.44. The van der Waals surface area contributed by atoms with Crippen LogP contribution in [0.15, 0.2) is 24.3 Å². The van der Waals surface area contributed by atoms with E-state index in [2.05, 4.69) is 37.2 Å². The van der Waals surface area contributed by atoms with Crippen molar-refractivity contribution in [3.63, 3.8) is 0 Å². The molecule has 1 aromatic carbocycles. The van der Waals surface area contributed by atoms with E-state index in [1.165, 1.54) is 24.8 Å². The number of rotatable bonds is 5. The Morgan fingerprint density at radius 2 is 2.05 bits per heavy atom. The molecule has 0 bridgehead atoms. The van der Waals surface area contributed by atoms with E-state index in [0.29, 0.717) is 5.92 Å². The summed E-state index contributed by atoms with van der Waals surface area (Å²) in [5.74, 6) is 1.44. The first-order valence-corrected chi connectivity index (χ1v) is 7.47. The highest BCUT2D eigenvalue weighted by Gasteiger charge is 2.42. The van der Waals surface area contributed by atoms with Gasteiger partial charge in [0.25, 0.3) is 0 Å². The van der Waals surface area contributed by atoms with Crippen LogP contribution in [-0.4, -0.2) is 39.8 Å². The van der Waals surface area contributed by atoms with Gasteiger partial charge in [0.2, 0.25) is 0 Å². The predicted molar refractivity (Wildman–Crippen MR) is 82.2 cm³/mol. The second-order valence-electron chi connectivity index (χ2n) is 6.03. The van der Waals surface area contributed by atoms with Gasteiger partial charge in [-0.05, 0) is 44.6 Å². The van der Waals surface area contributed by atoms with Crippen molar-refractivity contribution in [2.45, 2.75) is 31.3 Å². The Morgan fingerprint density at radius 1 is 1.25 bits per heavy atom. The number of methoxy groups -OCH3 is 2. The number of ether oxygens (including phenoxy) is 2. The molecule has 3 heteroatoms. The zero-order chi connectivity index (χ0) is 14.6. The Kier molecular flexibility index (Phi) is 5.06. The lowest BCUT2D eigenvalue weighted by atomic mass is 9.71. The second-order valence-corrected chi connectivity index (χ2v) is 6.03. The molecule has 2 unspecified atom stereocenters. The van der Waals surface area contributed by atoms with Crippen molar-refractivity contribution in [1.82, 2.24) is 4.90 Å². The topological polar surface area (TPSA) is 21.7 Å². The molecule has 0 spiro atoms. The first-order chi connectivity index (χ1) is 9.62. The van der Waals surface area contributed by atoms with Gasteiger partial charge in [-0.2, -0.15) is 0 Å². The fourth-order valence-corrected chi connectivity index (χ4v) is 3.55. The molecule has 0 N–H and O–H groups in total. The number of nitrogens with zero attached hydrogens (tertiary/aromatic N) is 1. The summed E-state index contributed by atoms with van der Waals surface area (Å²) in [5.41, 5.74) is 1.09. The van der Waals surface area contributed by atoms with Crippen LogP contribution in [0.4, 0.5) is 0 Å². The Labute approximate surface area is 122 Å². The highest BCUT2D eigenvalue weighted by molar-refractivity contribution is 5.33. The highest BCUT2D eigenvalue weighted by Crippen LogP contribution is 2.45. The average molecular weight is 277 g/mol. The lowest BCUT2D eigenvalue weighted by Gasteiger charge is -2.44. The van der Waals surface area contributed by atoms with Crippen LogP contribution >= 0.6 is 0 Å². The standard InChI is InChI=1S/C17H27NO2/c1-18(2)13-15-8-5-6-11-17(15,20-4)14-9-7-10-16(12-14)19-3/h7,9-10,12,15H,5-6,8,11,13H2,1-4H3. The molecule has 1 fully saturated rings. The number of hydrogen-bond donors (Lipinski definition) is 0. The summed E-state index contributed by atoms with van der Waals surface area (Å²) in [6.45, 7) is 1.06. The van der Waals surface area contributed by atoms with Gasteiger partial charge in [0.05, 0.1) is 12.7 Å². The van der Waals surface area contributed by atoms with Crippen LogP contribution in [0.2, 0.25) is 0 Å². The van der Waals surface area contributed by atoms with E-state index in [-0.39, 0.29) is 5.60 Å². The molecule has 2 atom stereocenters. The normalized spacial score (nSPS) is 26.8. The van der Waals surface area contributed by atoms with Crippen molar-refractivity contribution in [3.8, 4) is 5.75 Å². The minimum Gasteiger partial charge on any atom is -0.497 e. The largest absolute Gasteiger partial charge is 0.497 e. The van der Waals surface area contributed by atoms with Crippen molar-refractivity contribution < 1.29 is 9.47 Å². The third-order valence-corrected chi connectivity index (χ3v) is 4.52. The van der Waals surface area contributed by atoms with Gasteiger partial charge >= 0.3 is 0 Å². The summed E-state index contributed by atoms with van der Waals surface area (Å²) < 4.78 is 11.5. The van der Waals surface area contributed by atoms with Gasteiger partial charge in [-0.15, -0.1) is 0 Å². The lowest BCUT2D eigenvalue weighted by molar-refractivity contribution is -0.0952. The quantitative estimate of drug-likeness (QED) is 0.824. The Hall–Kier alpha value is -1.06. The van der Waals surface area contributed by atoms with Crippen LogP contribution in [0.3, 0.4) is 0 Å². The van der Waals surface area contributed by atoms with Gasteiger partial charge in [0.15, 0.2) is 0 Å². The van der Waals surface area contributed by atoms with Crippen molar-refractivity contribution in [2.75, 3.05) is 34.9 Å². The molecule has 0 radical (unpaired) electrons. The SMILES string of the molecule is COc1cccc(C2(OC)CCCCC2CN(C)C)c1. The van der Waals surface area contributed by atoms with E-state index < -0.39 is 0 Å². The first kappa shape index (κ1) is 15.3. The minimum absolute atomic E-state index is 0.170. The Balaban J connectivity index is 2.37. The van der Waals surface area contributed by atoms with Gasteiger partial charge in [-0.1, -0.05) is 25.0 Å². The second kappa shape index (κ2) is 6.59. The minimum atomic E-state index is -0.170. The van der Waals surface area contributed by atoms with Gasteiger partial charge in [0.1, 0.15) is 5.75 Å². The van der Waals surface area contributed by atoms with Crippen LogP contribution in [-0.2, 0) is 10.3 Å². The van der Waals surface area contributed by atoms with Crippen molar-refractivity contribution >= 4 is 0 Å². The molecule has 20 heavy (non-hydrogen) atoms. The first-order valence-electron chi connectivity index (χ1n) is 7.47. The predicted octanol–water partition coefficient (Wildman–Crippen LogP) is 3.29. The van der Waals surface area contributed by atoms with Gasteiger partial charge in [-0.25, -0.2) is 0 Å². The van der Waals surface area contributed by atoms with Crippen LogP contribution in [0, 0.1) is 5.92 Å². The number of hydrogen-bond acceptors (Lipinski definition) is 3. The van der Waals surface area contributed by atoms with Crippen molar-refractivity contribution in [2.24, 2.45) is 5.92 Å². The summed E-state index contributed by atoms with van der Waals surface area (Å²) in [6, 6.07) is 8.38. The molecule has 1 aliphatic carbocycles. The molecule has 0 saturated heterocycles. The Bertz CT molecular complexity index is 433. The molecule has 2 rings (SSSR count). The fraction of sp³-hybridized carbons (Fsp3) is 0.647. The molecule has 1 aliphatic rings. The third-order valence-electron chi connectivity index (χ3n) is 4.52. The van der Waals surface area contributed by atoms with Crippen molar-refractivity contribution in [1.29, 1.82) is 0 Å². The van der Waals surface area contributed by atoms with Crippen molar-refractivity contribution in [3.05, 3.63) is 29.8 Å². The van der Waals surface area contributed by atoms with Crippen LogP contribution in [0.5, 0.6) is 5.75 Å². The molecular formula is C17H27NO2. The van der Waals surface area contributed by atoms with E-state index in [0.717, 1.165) is 18.7 Å². The summed E-state index contributed by atoms with van der Waals surface area (Å²) >= 11 is 0. The Morgan fingerprint density at radius 3 is 2.70 bits per heavy atom. The average Bonchev–Trinajstić information content (AvgIpc) is 2.47. The van der Waals surface area contributed by atoms with E-state index in [1.807, 2.05) is 13.2 Å². The fourth-order valence-electron chi connectivity index (χ4n) is 3.55. The van der Waals surface area contributed by atoms with E-state index in [1.54, 1.807) is 7.11 Å². The maximum atomic E-state index is 6.10. The van der Waals surface area contributed by atoms with Gasteiger partial charge in [0, 0.05) is 19.6 Å².